The third-order valence-corrected chi connectivity index (χ3v) is 13.0. The number of nitrogens with one attached hydrogen (secondary N) is 3. The van der Waals surface area contributed by atoms with Crippen molar-refractivity contribution in [3.63, 3.8) is 0 Å². The van der Waals surface area contributed by atoms with Gasteiger partial charge in [-0.1, -0.05) is 189 Å². The maximum Gasteiger partial charge on any atom is 0.475 e. The highest BCUT2D eigenvalue weighted by atomic mass is 31.2. The van der Waals surface area contributed by atoms with Gasteiger partial charge in [0.15, 0.2) is 0 Å². The summed E-state index contributed by atoms with van der Waals surface area (Å²) in [7, 11) is -4.60. The molecule has 0 aliphatic carbocycles. The molecule has 0 saturated carbocycles. The second kappa shape index (κ2) is 30.3. The maximum absolute atomic E-state index is 15.5. The summed E-state index contributed by atoms with van der Waals surface area (Å²) in [6.07, 6.45) is 13.5. The Kier molecular flexibility index (Phi) is 25.7. The Hall–Kier alpha value is -3.82. The van der Waals surface area contributed by atoms with Crippen molar-refractivity contribution in [3.05, 3.63) is 108 Å². The second-order valence-electron chi connectivity index (χ2n) is 16.7. The molecule has 0 aliphatic heterocycles. The molecule has 0 fully saturated rings. The Morgan fingerprint density at radius 3 is 0.903 bits per heavy atom. The summed E-state index contributed by atoms with van der Waals surface area (Å²) < 4.78 is 35.1. The summed E-state index contributed by atoms with van der Waals surface area (Å²) in [5, 5.41) is 9.47. The van der Waals surface area contributed by atoms with Gasteiger partial charge in [-0.15, -0.1) is 0 Å². The molecular weight excluding hydrogens is 798 g/mol. The van der Waals surface area contributed by atoms with Crippen molar-refractivity contribution >= 4 is 25.5 Å². The van der Waals surface area contributed by atoms with Crippen LogP contribution in [0.25, 0.3) is 0 Å². The molecule has 3 N–H and O–H groups in total. The Morgan fingerprint density at radius 1 is 0.419 bits per heavy atom. The average Bonchev–Trinajstić information content (AvgIpc) is 3.27. The molecule has 0 saturated heterocycles. The molecule has 0 spiro atoms. The molecular formula is C51H78N3O7P. The number of unbranched alkanes of at least 4 members (excludes halogenated alkanes) is 12. The van der Waals surface area contributed by atoms with Crippen LogP contribution in [-0.2, 0) is 32.5 Å². The topological polar surface area (TPSA) is 132 Å². The highest BCUT2D eigenvalue weighted by Crippen LogP contribution is 2.56. The molecule has 3 aromatic carbocycles. The molecule has 3 rings (SSSR count). The average molecular weight is 876 g/mol. The minimum Gasteiger partial charge on any atom is -0.347 e. The smallest absolute Gasteiger partial charge is 0.347 e. The molecule has 3 amide bonds. The number of amides is 3. The second-order valence-corrected chi connectivity index (χ2v) is 18.3. The van der Waals surface area contributed by atoms with Crippen molar-refractivity contribution in [2.45, 2.75) is 194 Å². The van der Waals surface area contributed by atoms with Crippen molar-refractivity contribution in [1.29, 1.82) is 0 Å². The molecule has 0 unspecified atom stereocenters. The van der Waals surface area contributed by atoms with E-state index in [1.165, 1.54) is 0 Å². The molecule has 0 radical (unpaired) electrons. The van der Waals surface area contributed by atoms with E-state index in [9.17, 15) is 14.4 Å². The van der Waals surface area contributed by atoms with Crippen LogP contribution in [0.5, 0.6) is 0 Å². The molecule has 3 aromatic rings. The van der Waals surface area contributed by atoms with Crippen LogP contribution in [0.1, 0.15) is 192 Å². The fourth-order valence-corrected chi connectivity index (χ4v) is 9.40. The van der Waals surface area contributed by atoms with E-state index in [-0.39, 0.29) is 17.7 Å². The predicted molar refractivity (Wildman–Crippen MR) is 251 cm³/mol. The molecule has 6 atom stereocenters. The number of benzene rings is 3. The van der Waals surface area contributed by atoms with Gasteiger partial charge in [0, 0.05) is 19.3 Å². The molecule has 0 aromatic heterocycles. The van der Waals surface area contributed by atoms with Gasteiger partial charge in [0.1, 0.15) is 0 Å². The van der Waals surface area contributed by atoms with Gasteiger partial charge in [-0.25, -0.2) is 4.57 Å². The zero-order valence-corrected chi connectivity index (χ0v) is 39.6. The molecule has 344 valence electrons. The Balaban J connectivity index is 1.98. The monoisotopic (exact) mass is 876 g/mol. The number of phosphoric acid groups is 1. The summed E-state index contributed by atoms with van der Waals surface area (Å²) in [6, 6.07) is 26.3. The minimum absolute atomic E-state index is 0.132. The van der Waals surface area contributed by atoms with Crippen molar-refractivity contribution in [1.82, 2.24) is 16.0 Å². The lowest BCUT2D eigenvalue weighted by Crippen LogP contribution is -2.39. The van der Waals surface area contributed by atoms with E-state index in [4.69, 9.17) is 13.6 Å². The van der Waals surface area contributed by atoms with Gasteiger partial charge < -0.3 is 16.0 Å². The van der Waals surface area contributed by atoms with E-state index >= 15 is 4.57 Å². The van der Waals surface area contributed by atoms with E-state index in [0.717, 1.165) is 113 Å². The van der Waals surface area contributed by atoms with Crippen LogP contribution in [-0.4, -0.2) is 36.0 Å². The van der Waals surface area contributed by atoms with Crippen LogP contribution in [0.4, 0.5) is 0 Å². The normalized spacial score (nSPS) is 14.5. The lowest BCUT2D eigenvalue weighted by atomic mass is 10.0. The van der Waals surface area contributed by atoms with Gasteiger partial charge >= 0.3 is 7.82 Å². The molecule has 62 heavy (non-hydrogen) atoms. The minimum atomic E-state index is -4.60. The maximum atomic E-state index is 15.5. The third kappa shape index (κ3) is 20.1. The highest BCUT2D eigenvalue weighted by Gasteiger charge is 2.41. The summed E-state index contributed by atoms with van der Waals surface area (Å²) in [5.74, 6) is -0.396. The van der Waals surface area contributed by atoms with Gasteiger partial charge in [0.2, 0.25) is 17.7 Å². The number of rotatable bonds is 33. The van der Waals surface area contributed by atoms with Crippen LogP contribution in [0.3, 0.4) is 0 Å². The first kappa shape index (κ1) is 52.5. The van der Waals surface area contributed by atoms with E-state index in [1.807, 2.05) is 91.0 Å². The first-order chi connectivity index (χ1) is 30.0. The quantitative estimate of drug-likeness (QED) is 0.0410. The fourth-order valence-electron chi connectivity index (χ4n) is 7.67. The summed E-state index contributed by atoms with van der Waals surface area (Å²) in [4.78, 5) is 40.4. The standard InChI is InChI=1S/C51H78N3O7P/c1-7-10-13-16-28-37-46(55)52-49(43-31-22-19-23-32-43)40(4)59-62(58,60-41(5)50(44-33-24-20-25-34-44)53-47(56)38-29-17-14-11-8-2)61-42(6)51(45-35-26-21-27-36-45)54-48(57)39-30-18-15-12-9-3/h19-27,31-36,40-42,49-51H,7-18,28-30,37-39H2,1-6H3,(H,52,55)(H,53,56)(H,54,57)/t40-,41-,42-,49+,50+,51+/m1/s1. The Bertz CT molecular complexity index is 1520. The van der Waals surface area contributed by atoms with Crippen molar-refractivity contribution in [2.75, 3.05) is 0 Å². The fraction of sp³-hybridized carbons (Fsp3) is 0.588. The Morgan fingerprint density at radius 2 is 0.661 bits per heavy atom. The lowest BCUT2D eigenvalue weighted by molar-refractivity contribution is -0.123. The van der Waals surface area contributed by atoms with Crippen LogP contribution < -0.4 is 16.0 Å². The highest BCUT2D eigenvalue weighted by molar-refractivity contribution is 7.48. The van der Waals surface area contributed by atoms with Crippen LogP contribution in [0, 0.1) is 0 Å². The Labute approximate surface area is 374 Å². The molecule has 0 aliphatic rings. The van der Waals surface area contributed by atoms with Gasteiger partial charge in [-0.2, -0.15) is 0 Å². The van der Waals surface area contributed by atoms with Gasteiger partial charge in [0.05, 0.1) is 36.4 Å². The molecule has 0 heterocycles. The number of carbonyl (C=O) groups is 3. The lowest BCUT2D eigenvalue weighted by Gasteiger charge is -2.34. The zero-order chi connectivity index (χ0) is 45.0. The SMILES string of the molecule is CCCCCCCC(=O)N[C@H](c1ccccc1)[C@@H](C)OP(=O)(O[C@H](C)[C@H](NC(=O)CCCCCCC)c1ccccc1)O[C@H](C)[C@H](NC(=O)CCCCCCC)c1ccccc1. The predicted octanol–water partition coefficient (Wildman–Crippen LogP) is 13.0. The van der Waals surface area contributed by atoms with Gasteiger partial charge in [-0.05, 0) is 56.7 Å². The summed E-state index contributed by atoms with van der Waals surface area (Å²) >= 11 is 0. The first-order valence-corrected chi connectivity index (χ1v) is 25.1. The van der Waals surface area contributed by atoms with Crippen LogP contribution >= 0.6 is 7.82 Å². The van der Waals surface area contributed by atoms with Crippen molar-refractivity contribution in [3.8, 4) is 0 Å². The largest absolute Gasteiger partial charge is 0.475 e. The summed E-state index contributed by atoms with van der Waals surface area (Å²) in [6.45, 7) is 11.7. The van der Waals surface area contributed by atoms with Crippen molar-refractivity contribution < 1.29 is 32.5 Å². The number of carbonyl (C=O) groups excluding carboxylic acids is 3. The van der Waals surface area contributed by atoms with Crippen LogP contribution in [0.15, 0.2) is 91.0 Å². The van der Waals surface area contributed by atoms with Gasteiger partial charge in [-0.3, -0.25) is 28.0 Å². The van der Waals surface area contributed by atoms with E-state index in [1.54, 1.807) is 20.8 Å². The number of phosphoric ester groups is 1. The first-order valence-electron chi connectivity index (χ1n) is 23.7. The van der Waals surface area contributed by atoms with Crippen LogP contribution in [0.2, 0.25) is 0 Å². The number of hydrogen-bond acceptors (Lipinski definition) is 7. The van der Waals surface area contributed by atoms with E-state index in [2.05, 4.69) is 36.7 Å². The van der Waals surface area contributed by atoms with E-state index in [0.29, 0.717) is 19.3 Å². The molecule has 0 bridgehead atoms. The molecule has 11 heteroatoms. The third-order valence-electron chi connectivity index (χ3n) is 11.2. The molecule has 10 nitrogen and oxygen atoms in total. The summed E-state index contributed by atoms with van der Waals surface area (Å²) in [5.41, 5.74) is 2.32. The van der Waals surface area contributed by atoms with Crippen molar-refractivity contribution in [2.24, 2.45) is 0 Å². The van der Waals surface area contributed by atoms with Gasteiger partial charge in [0.25, 0.3) is 0 Å². The van der Waals surface area contributed by atoms with E-state index < -0.39 is 44.3 Å². The number of hydrogen-bond donors (Lipinski definition) is 3. The zero-order valence-electron chi connectivity index (χ0n) is 38.7.